The van der Waals surface area contributed by atoms with Crippen LogP contribution in [0, 0.1) is 5.82 Å². The summed E-state index contributed by atoms with van der Waals surface area (Å²) in [4.78, 5) is 24.4. The number of hydrogen-bond donors (Lipinski definition) is 1. The molecule has 0 bridgehead atoms. The van der Waals surface area contributed by atoms with Gasteiger partial charge in [-0.25, -0.2) is 4.39 Å². The molecule has 0 fully saturated rings. The van der Waals surface area contributed by atoms with Gasteiger partial charge >= 0.3 is 5.97 Å². The van der Waals surface area contributed by atoms with E-state index in [9.17, 15) is 14.0 Å². The number of rotatable bonds is 7. The molecule has 6 heteroatoms. The highest BCUT2D eigenvalue weighted by Crippen LogP contribution is 2.02. The second kappa shape index (κ2) is 8.27. The molecule has 0 aliphatic heterocycles. The smallest absolute Gasteiger partial charge is 0.306 e. The van der Waals surface area contributed by atoms with E-state index in [0.29, 0.717) is 13.1 Å². The third kappa shape index (κ3) is 6.29. The van der Waals surface area contributed by atoms with Gasteiger partial charge in [0, 0.05) is 13.1 Å². The Labute approximate surface area is 117 Å². The summed E-state index contributed by atoms with van der Waals surface area (Å²) in [7, 11) is 3.08. The fourth-order valence-corrected chi connectivity index (χ4v) is 1.57. The van der Waals surface area contributed by atoms with E-state index < -0.39 is 0 Å². The number of halogens is 1. The lowest BCUT2D eigenvalue weighted by Gasteiger charge is -2.15. The molecule has 0 aliphatic rings. The van der Waals surface area contributed by atoms with E-state index in [1.807, 2.05) is 0 Å². The number of nitrogens with zero attached hydrogens (tertiary/aromatic N) is 1. The van der Waals surface area contributed by atoms with Crippen LogP contribution in [0.3, 0.4) is 0 Å². The molecular formula is C14H19FN2O3. The van der Waals surface area contributed by atoms with Crippen LogP contribution in [0.4, 0.5) is 4.39 Å². The van der Waals surface area contributed by atoms with Crippen LogP contribution in [-0.4, -0.2) is 44.0 Å². The summed E-state index contributed by atoms with van der Waals surface area (Å²) in [5.41, 5.74) is 0.831. The van der Waals surface area contributed by atoms with Crippen molar-refractivity contribution in [1.29, 1.82) is 0 Å². The third-order valence-corrected chi connectivity index (χ3v) is 2.74. The molecule has 1 N–H and O–H groups in total. The summed E-state index contributed by atoms with van der Waals surface area (Å²) < 4.78 is 17.2. The highest BCUT2D eigenvalue weighted by Gasteiger charge is 2.08. The second-order valence-electron chi connectivity index (χ2n) is 4.47. The molecule has 0 radical (unpaired) electrons. The Bertz CT molecular complexity index is 448. The quantitative estimate of drug-likeness (QED) is 0.756. The molecular weight excluding hydrogens is 263 g/mol. The minimum atomic E-state index is -0.303. The van der Waals surface area contributed by atoms with Gasteiger partial charge in [-0.1, -0.05) is 12.1 Å². The number of amides is 1. The van der Waals surface area contributed by atoms with Gasteiger partial charge in [0.1, 0.15) is 5.82 Å². The summed E-state index contributed by atoms with van der Waals surface area (Å²) in [6.45, 7) is 0.999. The van der Waals surface area contributed by atoms with Gasteiger partial charge < -0.3 is 10.1 Å². The maximum Gasteiger partial charge on any atom is 0.306 e. The average Bonchev–Trinajstić information content (AvgIpc) is 2.44. The van der Waals surface area contributed by atoms with E-state index in [0.717, 1.165) is 5.56 Å². The number of ether oxygens (including phenoxy) is 1. The topological polar surface area (TPSA) is 58.6 Å². The molecule has 1 aromatic rings. The number of likely N-dealkylation sites (N-methyl/N-ethyl adjacent to an activating group) is 1. The molecule has 0 unspecified atom stereocenters. The van der Waals surface area contributed by atoms with Crippen molar-refractivity contribution < 1.29 is 18.7 Å². The van der Waals surface area contributed by atoms with Crippen molar-refractivity contribution in [2.45, 2.75) is 13.0 Å². The highest BCUT2D eigenvalue weighted by atomic mass is 19.1. The maximum absolute atomic E-state index is 12.7. The fraction of sp³-hybridized carbons (Fsp3) is 0.429. The van der Waals surface area contributed by atoms with Gasteiger partial charge in [0.15, 0.2) is 0 Å². The van der Waals surface area contributed by atoms with Gasteiger partial charge in [-0.2, -0.15) is 0 Å². The fourth-order valence-electron chi connectivity index (χ4n) is 1.57. The van der Waals surface area contributed by atoms with Crippen LogP contribution in [0.1, 0.15) is 12.0 Å². The molecule has 0 aromatic heterocycles. The van der Waals surface area contributed by atoms with Crippen molar-refractivity contribution in [3.63, 3.8) is 0 Å². The lowest BCUT2D eigenvalue weighted by molar-refractivity contribution is -0.141. The number of nitrogens with one attached hydrogen (secondary N) is 1. The molecule has 110 valence electrons. The summed E-state index contributed by atoms with van der Waals surface area (Å²) in [6, 6.07) is 5.95. The van der Waals surface area contributed by atoms with E-state index in [2.05, 4.69) is 10.1 Å². The Morgan fingerprint density at radius 2 is 1.95 bits per heavy atom. The number of methoxy groups -OCH3 is 1. The predicted octanol–water partition coefficient (Wildman–Crippen LogP) is 0.937. The Kier molecular flexibility index (Phi) is 6.66. The number of benzene rings is 1. The van der Waals surface area contributed by atoms with Crippen LogP contribution >= 0.6 is 0 Å². The van der Waals surface area contributed by atoms with Gasteiger partial charge in [-0.15, -0.1) is 0 Å². The SMILES string of the molecule is COC(=O)CCN(C)CC(=O)NCc1ccc(F)cc1. The Hall–Kier alpha value is -1.95. The second-order valence-corrected chi connectivity index (χ2v) is 4.47. The summed E-state index contributed by atoms with van der Waals surface area (Å²) in [6.07, 6.45) is 0.248. The highest BCUT2D eigenvalue weighted by molar-refractivity contribution is 5.78. The van der Waals surface area contributed by atoms with Crippen LogP contribution in [0.15, 0.2) is 24.3 Å². The standard InChI is InChI=1S/C14H19FN2O3/c1-17(8-7-14(19)20-2)10-13(18)16-9-11-3-5-12(15)6-4-11/h3-6H,7-10H2,1-2H3,(H,16,18). The Morgan fingerprint density at radius 3 is 2.55 bits per heavy atom. The minimum absolute atomic E-state index is 0.151. The van der Waals surface area contributed by atoms with Crippen LogP contribution in [0.5, 0.6) is 0 Å². The number of carbonyl (C=O) groups is 2. The van der Waals surface area contributed by atoms with Crippen LogP contribution in [0.2, 0.25) is 0 Å². The predicted molar refractivity (Wildman–Crippen MR) is 72.4 cm³/mol. The minimum Gasteiger partial charge on any atom is -0.469 e. The molecule has 0 saturated carbocycles. The van der Waals surface area contributed by atoms with E-state index in [1.165, 1.54) is 19.2 Å². The van der Waals surface area contributed by atoms with Crippen LogP contribution in [-0.2, 0) is 20.9 Å². The lowest BCUT2D eigenvalue weighted by atomic mass is 10.2. The molecule has 1 aromatic carbocycles. The molecule has 0 heterocycles. The van der Waals surface area contributed by atoms with E-state index in [1.54, 1.807) is 24.1 Å². The zero-order valence-corrected chi connectivity index (χ0v) is 11.7. The normalized spacial score (nSPS) is 10.4. The Morgan fingerprint density at radius 1 is 1.30 bits per heavy atom. The molecule has 0 aliphatic carbocycles. The average molecular weight is 282 g/mol. The first-order chi connectivity index (χ1) is 9.51. The van der Waals surface area contributed by atoms with Crippen LogP contribution < -0.4 is 5.32 Å². The molecule has 5 nitrogen and oxygen atoms in total. The van der Waals surface area contributed by atoms with Gasteiger partial charge in [-0.3, -0.25) is 14.5 Å². The van der Waals surface area contributed by atoms with Crippen molar-refractivity contribution in [3.8, 4) is 0 Å². The van der Waals surface area contributed by atoms with Crippen molar-refractivity contribution in [1.82, 2.24) is 10.2 Å². The number of esters is 1. The molecule has 0 saturated heterocycles. The monoisotopic (exact) mass is 282 g/mol. The van der Waals surface area contributed by atoms with E-state index in [-0.39, 0.29) is 30.7 Å². The lowest BCUT2D eigenvalue weighted by Crippen LogP contribution is -2.35. The van der Waals surface area contributed by atoms with Crippen molar-refractivity contribution in [3.05, 3.63) is 35.6 Å². The van der Waals surface area contributed by atoms with Crippen molar-refractivity contribution >= 4 is 11.9 Å². The first-order valence-electron chi connectivity index (χ1n) is 6.27. The molecule has 1 rings (SSSR count). The first-order valence-corrected chi connectivity index (χ1v) is 6.27. The zero-order valence-electron chi connectivity index (χ0n) is 11.7. The number of hydrogen-bond acceptors (Lipinski definition) is 4. The Balaban J connectivity index is 2.25. The van der Waals surface area contributed by atoms with Gasteiger partial charge in [-0.05, 0) is 24.7 Å². The van der Waals surface area contributed by atoms with Gasteiger partial charge in [0.2, 0.25) is 5.91 Å². The van der Waals surface area contributed by atoms with Gasteiger partial charge in [0.25, 0.3) is 0 Å². The van der Waals surface area contributed by atoms with E-state index >= 15 is 0 Å². The molecule has 0 spiro atoms. The van der Waals surface area contributed by atoms with Gasteiger partial charge in [0.05, 0.1) is 20.1 Å². The summed E-state index contributed by atoms with van der Waals surface area (Å²) >= 11 is 0. The maximum atomic E-state index is 12.7. The van der Waals surface area contributed by atoms with Crippen molar-refractivity contribution in [2.75, 3.05) is 27.2 Å². The third-order valence-electron chi connectivity index (χ3n) is 2.74. The molecule has 1 amide bonds. The molecule has 20 heavy (non-hydrogen) atoms. The van der Waals surface area contributed by atoms with Crippen LogP contribution in [0.25, 0.3) is 0 Å². The summed E-state index contributed by atoms with van der Waals surface area (Å²) in [5.74, 6) is -0.757. The number of carbonyl (C=O) groups excluding carboxylic acids is 2. The zero-order chi connectivity index (χ0) is 15.0. The largest absolute Gasteiger partial charge is 0.469 e. The molecule has 0 atom stereocenters. The summed E-state index contributed by atoms with van der Waals surface area (Å²) in [5, 5.41) is 2.73. The van der Waals surface area contributed by atoms with Crippen molar-refractivity contribution in [2.24, 2.45) is 0 Å². The first kappa shape index (κ1) is 16.1. The van der Waals surface area contributed by atoms with E-state index in [4.69, 9.17) is 0 Å².